The molecule has 4 heteroatoms. The van der Waals surface area contributed by atoms with Crippen LogP contribution < -0.4 is 10.5 Å². The maximum Gasteiger partial charge on any atom is 0.122 e. The minimum Gasteiger partial charge on any atom is -0.496 e. The minimum atomic E-state index is 0.428. The second kappa shape index (κ2) is 5.23. The third-order valence-corrected chi connectivity index (χ3v) is 3.06. The van der Waals surface area contributed by atoms with Gasteiger partial charge in [0.05, 0.1) is 19.3 Å². The topological polar surface area (TPSA) is 63.9 Å². The molecule has 0 aliphatic carbocycles. The van der Waals surface area contributed by atoms with Crippen molar-refractivity contribution >= 4 is 0 Å². The highest BCUT2D eigenvalue weighted by Crippen LogP contribution is 2.27. The number of nitrogens with zero attached hydrogens (tertiary/aromatic N) is 1. The molecule has 0 saturated heterocycles. The molecular formula is C14H19N3O. The molecule has 0 saturated carbocycles. The Morgan fingerprint density at radius 3 is 2.72 bits per heavy atom. The number of rotatable bonds is 4. The quantitative estimate of drug-likeness (QED) is 0.869. The number of benzene rings is 1. The number of hydrogen-bond acceptors (Lipinski definition) is 3. The monoisotopic (exact) mass is 245 g/mol. The van der Waals surface area contributed by atoms with E-state index in [2.05, 4.69) is 23.0 Å². The van der Waals surface area contributed by atoms with Gasteiger partial charge in [0.15, 0.2) is 0 Å². The van der Waals surface area contributed by atoms with Crippen LogP contribution in [0.15, 0.2) is 18.2 Å². The summed E-state index contributed by atoms with van der Waals surface area (Å²) in [4.78, 5) is 7.70. The van der Waals surface area contributed by atoms with Gasteiger partial charge < -0.3 is 15.5 Å². The molecule has 0 atom stereocenters. The first-order chi connectivity index (χ1) is 8.69. The van der Waals surface area contributed by atoms with Gasteiger partial charge in [-0.15, -0.1) is 0 Å². The Morgan fingerprint density at radius 1 is 1.39 bits per heavy atom. The molecule has 0 radical (unpaired) electrons. The van der Waals surface area contributed by atoms with Crippen LogP contribution in [0.2, 0.25) is 0 Å². The molecule has 0 spiro atoms. The number of aromatic amines is 1. The van der Waals surface area contributed by atoms with Gasteiger partial charge in [0, 0.05) is 11.3 Å². The largest absolute Gasteiger partial charge is 0.496 e. The molecule has 0 unspecified atom stereocenters. The Bertz CT molecular complexity index is 546. The fourth-order valence-corrected chi connectivity index (χ4v) is 2.10. The van der Waals surface area contributed by atoms with Crippen LogP contribution in [0, 0.1) is 6.92 Å². The van der Waals surface area contributed by atoms with E-state index < -0.39 is 0 Å². The Morgan fingerprint density at radius 2 is 2.17 bits per heavy atom. The van der Waals surface area contributed by atoms with Crippen LogP contribution >= 0.6 is 0 Å². The van der Waals surface area contributed by atoms with Gasteiger partial charge in [0.1, 0.15) is 11.6 Å². The highest BCUT2D eigenvalue weighted by atomic mass is 16.5. The number of ether oxygens (including phenoxy) is 1. The first kappa shape index (κ1) is 12.6. The lowest BCUT2D eigenvalue weighted by atomic mass is 10.0. The summed E-state index contributed by atoms with van der Waals surface area (Å²) in [5.74, 6) is 1.74. The van der Waals surface area contributed by atoms with Crippen molar-refractivity contribution in [3.05, 3.63) is 35.3 Å². The molecule has 2 rings (SSSR count). The van der Waals surface area contributed by atoms with E-state index in [0.29, 0.717) is 6.54 Å². The lowest BCUT2D eigenvalue weighted by Crippen LogP contribution is -1.98. The summed E-state index contributed by atoms with van der Waals surface area (Å²) in [6.45, 7) is 4.55. The highest BCUT2D eigenvalue weighted by Gasteiger charge is 2.10. The van der Waals surface area contributed by atoms with Crippen molar-refractivity contribution < 1.29 is 4.74 Å². The molecule has 0 aliphatic heterocycles. The third-order valence-electron chi connectivity index (χ3n) is 3.06. The first-order valence-corrected chi connectivity index (χ1v) is 6.12. The zero-order valence-corrected chi connectivity index (χ0v) is 11.1. The fraction of sp³-hybridized carbons (Fsp3) is 0.357. The van der Waals surface area contributed by atoms with Gasteiger partial charge in [-0.3, -0.25) is 0 Å². The number of aromatic nitrogens is 2. The Kier molecular flexibility index (Phi) is 3.67. The molecule has 3 N–H and O–H groups in total. The van der Waals surface area contributed by atoms with Gasteiger partial charge in [-0.05, 0) is 37.1 Å². The number of aryl methyl sites for hydroxylation is 2. The zero-order valence-electron chi connectivity index (χ0n) is 11.1. The van der Waals surface area contributed by atoms with Crippen LogP contribution in [0.1, 0.15) is 24.0 Å². The predicted octanol–water partition coefficient (Wildman–Crippen LogP) is 2.41. The average Bonchev–Trinajstić information content (AvgIpc) is 2.79. The summed E-state index contributed by atoms with van der Waals surface area (Å²) in [6.07, 6.45) is 0.935. The second-order valence-electron chi connectivity index (χ2n) is 4.24. The van der Waals surface area contributed by atoms with Crippen molar-refractivity contribution in [3.8, 4) is 17.0 Å². The maximum atomic E-state index is 5.60. The van der Waals surface area contributed by atoms with Gasteiger partial charge in [-0.1, -0.05) is 6.92 Å². The molecule has 4 nitrogen and oxygen atoms in total. The van der Waals surface area contributed by atoms with Crippen molar-refractivity contribution in [3.63, 3.8) is 0 Å². The number of hydrogen-bond donors (Lipinski definition) is 2. The lowest BCUT2D eigenvalue weighted by Gasteiger charge is -2.08. The SMILES string of the molecule is CCc1cc(-c2nc(CN)[nH]c2C)ccc1OC. The van der Waals surface area contributed by atoms with Gasteiger partial charge in [0.2, 0.25) is 0 Å². The average molecular weight is 245 g/mol. The minimum absolute atomic E-state index is 0.428. The van der Waals surface area contributed by atoms with E-state index in [4.69, 9.17) is 10.5 Å². The smallest absolute Gasteiger partial charge is 0.122 e. The molecule has 0 bridgehead atoms. The summed E-state index contributed by atoms with van der Waals surface area (Å²) in [7, 11) is 1.69. The number of nitrogens with one attached hydrogen (secondary N) is 1. The van der Waals surface area contributed by atoms with Crippen molar-refractivity contribution in [1.29, 1.82) is 0 Å². The van der Waals surface area contributed by atoms with E-state index in [0.717, 1.165) is 34.9 Å². The van der Waals surface area contributed by atoms with Gasteiger partial charge in [0.25, 0.3) is 0 Å². The number of methoxy groups -OCH3 is 1. The summed E-state index contributed by atoms with van der Waals surface area (Å²) >= 11 is 0. The standard InChI is InChI=1S/C14H19N3O/c1-4-10-7-11(5-6-12(10)18-3)14-9(2)16-13(8-15)17-14/h5-7H,4,8,15H2,1-3H3,(H,16,17). The molecule has 96 valence electrons. The maximum absolute atomic E-state index is 5.60. The van der Waals surface area contributed by atoms with E-state index in [1.165, 1.54) is 5.56 Å². The van der Waals surface area contributed by atoms with Gasteiger partial charge >= 0.3 is 0 Å². The van der Waals surface area contributed by atoms with Gasteiger partial charge in [-0.2, -0.15) is 0 Å². The van der Waals surface area contributed by atoms with Gasteiger partial charge in [-0.25, -0.2) is 4.98 Å². The van der Waals surface area contributed by atoms with Crippen LogP contribution in [-0.4, -0.2) is 17.1 Å². The predicted molar refractivity (Wildman–Crippen MR) is 72.6 cm³/mol. The molecular weight excluding hydrogens is 226 g/mol. The van der Waals surface area contributed by atoms with E-state index in [-0.39, 0.29) is 0 Å². The molecule has 0 fully saturated rings. The van der Waals surface area contributed by atoms with E-state index in [9.17, 15) is 0 Å². The van der Waals surface area contributed by atoms with Crippen LogP contribution in [0.4, 0.5) is 0 Å². The number of nitrogens with two attached hydrogens (primary N) is 1. The first-order valence-electron chi connectivity index (χ1n) is 6.12. The lowest BCUT2D eigenvalue weighted by molar-refractivity contribution is 0.410. The summed E-state index contributed by atoms with van der Waals surface area (Å²) in [6, 6.07) is 6.15. The van der Waals surface area contributed by atoms with Crippen LogP contribution in [0.5, 0.6) is 5.75 Å². The Labute approximate surface area is 107 Å². The Balaban J connectivity index is 2.47. The summed E-state index contributed by atoms with van der Waals surface area (Å²) in [5.41, 5.74) is 9.89. The van der Waals surface area contributed by atoms with Crippen LogP contribution in [0.3, 0.4) is 0 Å². The molecule has 18 heavy (non-hydrogen) atoms. The molecule has 1 aromatic heterocycles. The second-order valence-corrected chi connectivity index (χ2v) is 4.24. The van der Waals surface area contributed by atoms with Crippen LogP contribution in [-0.2, 0) is 13.0 Å². The third kappa shape index (κ3) is 2.24. The van der Waals surface area contributed by atoms with Crippen molar-refractivity contribution in [2.45, 2.75) is 26.8 Å². The van der Waals surface area contributed by atoms with E-state index >= 15 is 0 Å². The molecule has 0 aliphatic rings. The summed E-state index contributed by atoms with van der Waals surface area (Å²) < 4.78 is 5.34. The van der Waals surface area contributed by atoms with E-state index in [1.807, 2.05) is 19.1 Å². The molecule has 2 aromatic rings. The molecule has 1 heterocycles. The number of imidazole rings is 1. The fourth-order valence-electron chi connectivity index (χ4n) is 2.10. The number of H-pyrrole nitrogens is 1. The zero-order chi connectivity index (χ0) is 13.1. The van der Waals surface area contributed by atoms with Crippen LogP contribution in [0.25, 0.3) is 11.3 Å². The molecule has 0 amide bonds. The highest BCUT2D eigenvalue weighted by molar-refractivity contribution is 5.64. The van der Waals surface area contributed by atoms with Crippen molar-refractivity contribution in [2.75, 3.05) is 7.11 Å². The van der Waals surface area contributed by atoms with Crippen molar-refractivity contribution in [1.82, 2.24) is 9.97 Å². The Hall–Kier alpha value is -1.81. The van der Waals surface area contributed by atoms with E-state index in [1.54, 1.807) is 7.11 Å². The van der Waals surface area contributed by atoms with Crippen molar-refractivity contribution in [2.24, 2.45) is 5.73 Å². The normalized spacial score (nSPS) is 10.7. The molecule has 1 aromatic carbocycles. The summed E-state index contributed by atoms with van der Waals surface area (Å²) in [5, 5.41) is 0.